The molecule has 0 aliphatic carbocycles. The summed E-state index contributed by atoms with van der Waals surface area (Å²) in [6.45, 7) is 0.246. The highest BCUT2D eigenvalue weighted by Gasteiger charge is 2.10. The predicted octanol–water partition coefficient (Wildman–Crippen LogP) is 4.97. The molecule has 0 bridgehead atoms. The molecule has 20 heavy (non-hydrogen) atoms. The largest absolute Gasteiger partial charge is 0.488 e. The van der Waals surface area contributed by atoms with Gasteiger partial charge in [0.25, 0.3) is 0 Å². The molecule has 0 atom stereocenters. The third-order valence-corrected chi connectivity index (χ3v) is 4.06. The van der Waals surface area contributed by atoms with Crippen LogP contribution in [0.5, 0.6) is 5.75 Å². The molecule has 0 spiro atoms. The fourth-order valence-corrected chi connectivity index (χ4v) is 2.67. The molecular formula is C14H10BrCl2NOS. The summed E-state index contributed by atoms with van der Waals surface area (Å²) in [6, 6.07) is 10.8. The van der Waals surface area contributed by atoms with Gasteiger partial charge in [0.05, 0.1) is 5.56 Å². The van der Waals surface area contributed by atoms with Crippen molar-refractivity contribution >= 4 is 56.3 Å². The van der Waals surface area contributed by atoms with Gasteiger partial charge in [0, 0.05) is 20.1 Å². The minimum absolute atomic E-state index is 0.246. The molecule has 104 valence electrons. The van der Waals surface area contributed by atoms with E-state index in [1.807, 2.05) is 12.1 Å². The van der Waals surface area contributed by atoms with E-state index in [9.17, 15) is 0 Å². The van der Waals surface area contributed by atoms with Crippen molar-refractivity contribution in [3.05, 3.63) is 62.0 Å². The number of rotatable bonds is 4. The Labute approximate surface area is 141 Å². The van der Waals surface area contributed by atoms with Crippen molar-refractivity contribution in [2.75, 3.05) is 0 Å². The highest BCUT2D eigenvalue weighted by molar-refractivity contribution is 9.10. The lowest BCUT2D eigenvalue weighted by Gasteiger charge is -2.13. The van der Waals surface area contributed by atoms with Gasteiger partial charge in [-0.3, -0.25) is 0 Å². The van der Waals surface area contributed by atoms with E-state index in [2.05, 4.69) is 15.9 Å². The molecule has 0 saturated carbocycles. The Balaban J connectivity index is 2.25. The smallest absolute Gasteiger partial charge is 0.130 e. The minimum Gasteiger partial charge on any atom is -0.488 e. The van der Waals surface area contributed by atoms with Gasteiger partial charge in [-0.25, -0.2) is 0 Å². The van der Waals surface area contributed by atoms with E-state index >= 15 is 0 Å². The van der Waals surface area contributed by atoms with Crippen LogP contribution in [0.15, 0.2) is 40.9 Å². The summed E-state index contributed by atoms with van der Waals surface area (Å²) in [5.74, 6) is 0.594. The van der Waals surface area contributed by atoms with Crippen LogP contribution in [0.2, 0.25) is 10.0 Å². The summed E-state index contributed by atoms with van der Waals surface area (Å²) in [5.41, 5.74) is 7.08. The van der Waals surface area contributed by atoms with E-state index in [1.54, 1.807) is 24.3 Å². The molecule has 0 unspecified atom stereocenters. The predicted molar refractivity (Wildman–Crippen MR) is 90.8 cm³/mol. The number of hydrogen-bond donors (Lipinski definition) is 1. The van der Waals surface area contributed by atoms with Crippen molar-refractivity contribution in [3.63, 3.8) is 0 Å². The second-order valence-corrected chi connectivity index (χ2v) is 6.16. The molecule has 0 aliphatic rings. The van der Waals surface area contributed by atoms with Crippen LogP contribution in [0, 0.1) is 0 Å². The Morgan fingerprint density at radius 1 is 1.20 bits per heavy atom. The molecule has 0 aromatic heterocycles. The normalized spacial score (nSPS) is 10.3. The maximum absolute atomic E-state index is 6.10. The lowest BCUT2D eigenvalue weighted by atomic mass is 10.2. The van der Waals surface area contributed by atoms with E-state index in [4.69, 9.17) is 45.9 Å². The van der Waals surface area contributed by atoms with Gasteiger partial charge in [-0.1, -0.05) is 57.4 Å². The zero-order valence-electron chi connectivity index (χ0n) is 10.2. The summed E-state index contributed by atoms with van der Waals surface area (Å²) >= 11 is 20.6. The summed E-state index contributed by atoms with van der Waals surface area (Å²) in [7, 11) is 0. The molecule has 0 saturated heterocycles. The van der Waals surface area contributed by atoms with E-state index < -0.39 is 0 Å². The van der Waals surface area contributed by atoms with Crippen molar-refractivity contribution in [1.29, 1.82) is 0 Å². The van der Waals surface area contributed by atoms with Crippen LogP contribution in [-0.2, 0) is 6.61 Å². The van der Waals surface area contributed by atoms with Crippen LogP contribution in [0.1, 0.15) is 11.1 Å². The third-order valence-electron chi connectivity index (χ3n) is 2.64. The first kappa shape index (κ1) is 15.6. The van der Waals surface area contributed by atoms with Crippen LogP contribution in [0.4, 0.5) is 0 Å². The maximum atomic E-state index is 6.10. The molecule has 0 heterocycles. The van der Waals surface area contributed by atoms with Crippen molar-refractivity contribution in [3.8, 4) is 5.75 Å². The second kappa shape index (κ2) is 6.76. The molecule has 2 rings (SSSR count). The van der Waals surface area contributed by atoms with Crippen LogP contribution >= 0.6 is 51.3 Å². The highest BCUT2D eigenvalue weighted by atomic mass is 79.9. The minimum atomic E-state index is 0.246. The Morgan fingerprint density at radius 2 is 1.85 bits per heavy atom. The lowest BCUT2D eigenvalue weighted by molar-refractivity contribution is 0.306. The molecule has 2 N–H and O–H groups in total. The van der Waals surface area contributed by atoms with Crippen molar-refractivity contribution in [1.82, 2.24) is 0 Å². The SMILES string of the molecule is NC(=S)c1cc(Br)ccc1OCc1c(Cl)cccc1Cl. The molecule has 0 radical (unpaired) electrons. The average molecular weight is 391 g/mol. The number of nitrogens with two attached hydrogens (primary N) is 1. The van der Waals surface area contributed by atoms with E-state index in [0.29, 0.717) is 21.4 Å². The fraction of sp³-hybridized carbons (Fsp3) is 0.0714. The molecule has 0 aliphatic heterocycles. The van der Waals surface area contributed by atoms with Crippen LogP contribution in [-0.4, -0.2) is 4.99 Å². The van der Waals surface area contributed by atoms with Crippen LogP contribution in [0.3, 0.4) is 0 Å². The maximum Gasteiger partial charge on any atom is 0.130 e. The Bertz CT molecular complexity index is 643. The van der Waals surface area contributed by atoms with E-state index in [1.165, 1.54) is 0 Å². The van der Waals surface area contributed by atoms with Crippen LogP contribution < -0.4 is 10.5 Å². The summed E-state index contributed by atoms with van der Waals surface area (Å²) < 4.78 is 6.62. The monoisotopic (exact) mass is 389 g/mol. The zero-order chi connectivity index (χ0) is 14.7. The van der Waals surface area contributed by atoms with Crippen LogP contribution in [0.25, 0.3) is 0 Å². The highest BCUT2D eigenvalue weighted by Crippen LogP contribution is 2.28. The number of halogens is 3. The molecule has 2 aromatic rings. The lowest BCUT2D eigenvalue weighted by Crippen LogP contribution is -2.12. The standard InChI is InChI=1S/C14H10BrCl2NOS/c15-8-4-5-13(9(6-8)14(18)20)19-7-10-11(16)2-1-3-12(10)17/h1-6H,7H2,(H2,18,20). The van der Waals surface area contributed by atoms with Gasteiger partial charge in [-0.2, -0.15) is 0 Å². The van der Waals surface area contributed by atoms with Crippen molar-refractivity contribution in [2.24, 2.45) is 5.73 Å². The summed E-state index contributed by atoms with van der Waals surface area (Å²) in [4.78, 5) is 0.270. The Morgan fingerprint density at radius 3 is 2.45 bits per heavy atom. The first-order valence-electron chi connectivity index (χ1n) is 5.64. The van der Waals surface area contributed by atoms with Gasteiger partial charge in [-0.15, -0.1) is 0 Å². The quantitative estimate of drug-likeness (QED) is 0.748. The number of benzene rings is 2. The Kier molecular flexibility index (Phi) is 5.27. The third kappa shape index (κ3) is 3.64. The Hall–Kier alpha value is -0.810. The van der Waals surface area contributed by atoms with Crippen molar-refractivity contribution < 1.29 is 4.74 Å². The first-order chi connectivity index (χ1) is 9.49. The number of ether oxygens (including phenoxy) is 1. The van der Waals surface area contributed by atoms with Gasteiger partial charge in [0.15, 0.2) is 0 Å². The molecule has 0 amide bonds. The van der Waals surface area contributed by atoms with E-state index in [0.717, 1.165) is 10.0 Å². The van der Waals surface area contributed by atoms with Gasteiger partial charge in [0.1, 0.15) is 17.3 Å². The molecule has 0 fully saturated rings. The van der Waals surface area contributed by atoms with Gasteiger partial charge in [-0.05, 0) is 30.3 Å². The molecule has 2 nitrogen and oxygen atoms in total. The summed E-state index contributed by atoms with van der Waals surface area (Å²) in [5, 5.41) is 1.12. The molecular weight excluding hydrogens is 381 g/mol. The molecule has 2 aromatic carbocycles. The number of thiocarbonyl (C=S) groups is 1. The van der Waals surface area contributed by atoms with Gasteiger partial charge >= 0.3 is 0 Å². The van der Waals surface area contributed by atoms with Gasteiger partial charge in [0.2, 0.25) is 0 Å². The fourth-order valence-electron chi connectivity index (χ4n) is 1.64. The zero-order valence-corrected chi connectivity index (χ0v) is 14.1. The first-order valence-corrected chi connectivity index (χ1v) is 7.60. The second-order valence-electron chi connectivity index (χ2n) is 3.99. The van der Waals surface area contributed by atoms with E-state index in [-0.39, 0.29) is 11.6 Å². The molecule has 6 heteroatoms. The van der Waals surface area contributed by atoms with Gasteiger partial charge < -0.3 is 10.5 Å². The van der Waals surface area contributed by atoms with Crippen molar-refractivity contribution in [2.45, 2.75) is 6.61 Å². The summed E-state index contributed by atoms with van der Waals surface area (Å²) in [6.07, 6.45) is 0. The average Bonchev–Trinajstić information content (AvgIpc) is 2.39. The number of hydrogen-bond acceptors (Lipinski definition) is 2. The topological polar surface area (TPSA) is 35.2 Å².